The second kappa shape index (κ2) is 3.75. The molecule has 1 fully saturated rings. The van der Waals surface area contributed by atoms with Crippen molar-refractivity contribution in [2.75, 3.05) is 6.54 Å². The Kier molecular flexibility index (Phi) is 2.25. The molecule has 2 aromatic rings. The molecule has 0 aromatic carbocycles. The normalized spacial score (nSPS) is 15.8. The minimum Gasteiger partial charge on any atom is -0.312 e. The Morgan fingerprint density at radius 2 is 2.31 bits per heavy atom. The Bertz CT molecular complexity index is 552. The van der Waals surface area contributed by atoms with Gasteiger partial charge in [-0.1, -0.05) is 6.07 Å². The van der Waals surface area contributed by atoms with E-state index in [-0.39, 0.29) is 5.69 Å². The summed E-state index contributed by atoms with van der Waals surface area (Å²) in [6.07, 6.45) is 4.27. The molecule has 0 radical (unpaired) electrons. The fraction of sp³-hybridized carbons (Fsp3) is 0.455. The Hall–Kier alpha value is -1.62. The highest BCUT2D eigenvalue weighted by atomic mass is 16.2. The third-order valence-corrected chi connectivity index (χ3v) is 2.82. The molecule has 0 saturated heterocycles. The molecule has 2 heterocycles. The third kappa shape index (κ3) is 1.74. The lowest BCUT2D eigenvalue weighted by Gasteiger charge is -2.00. The van der Waals surface area contributed by atoms with E-state index in [0.717, 1.165) is 6.54 Å². The monoisotopic (exact) mass is 218 g/mol. The van der Waals surface area contributed by atoms with Gasteiger partial charge in [0.2, 0.25) is 0 Å². The van der Waals surface area contributed by atoms with Crippen molar-refractivity contribution in [1.29, 1.82) is 0 Å². The smallest absolute Gasteiger partial charge is 0.312 e. The molecule has 5 heteroatoms. The zero-order chi connectivity index (χ0) is 11.0. The molecule has 1 saturated carbocycles. The van der Waals surface area contributed by atoms with Gasteiger partial charge in [-0.3, -0.25) is 4.40 Å². The predicted octanol–water partition coefficient (Wildman–Crippen LogP) is 0.248. The maximum atomic E-state index is 11.9. The number of nitrogens with one attached hydrogen (secondary N) is 1. The van der Waals surface area contributed by atoms with E-state index in [1.165, 1.54) is 17.5 Å². The first-order valence-corrected chi connectivity index (χ1v) is 5.62. The van der Waals surface area contributed by atoms with Crippen LogP contribution in [0.2, 0.25) is 0 Å². The van der Waals surface area contributed by atoms with E-state index in [9.17, 15) is 4.79 Å². The van der Waals surface area contributed by atoms with Gasteiger partial charge in [0.25, 0.3) is 0 Å². The van der Waals surface area contributed by atoms with Crippen LogP contribution < -0.4 is 11.0 Å². The average Bonchev–Trinajstić information content (AvgIpc) is 3.06. The molecule has 3 rings (SSSR count). The summed E-state index contributed by atoms with van der Waals surface area (Å²) in [7, 11) is 0. The largest absolute Gasteiger partial charge is 0.350 e. The SMILES string of the molecule is O=c1n(CCNC2CC2)nc2ccccn12. The Balaban J connectivity index is 1.80. The van der Waals surface area contributed by atoms with Gasteiger partial charge in [0.05, 0.1) is 6.54 Å². The van der Waals surface area contributed by atoms with Gasteiger partial charge in [0.1, 0.15) is 0 Å². The first-order chi connectivity index (χ1) is 7.84. The molecule has 1 aliphatic rings. The van der Waals surface area contributed by atoms with E-state index < -0.39 is 0 Å². The van der Waals surface area contributed by atoms with Crippen LogP contribution in [0, 0.1) is 0 Å². The summed E-state index contributed by atoms with van der Waals surface area (Å²) in [5.41, 5.74) is 0.645. The van der Waals surface area contributed by atoms with E-state index in [4.69, 9.17) is 0 Å². The van der Waals surface area contributed by atoms with Crippen molar-refractivity contribution in [1.82, 2.24) is 19.5 Å². The van der Waals surface area contributed by atoms with Crippen LogP contribution in [-0.2, 0) is 6.54 Å². The van der Waals surface area contributed by atoms with Crippen LogP contribution in [0.5, 0.6) is 0 Å². The Morgan fingerprint density at radius 1 is 1.44 bits per heavy atom. The van der Waals surface area contributed by atoms with Crippen LogP contribution in [0.1, 0.15) is 12.8 Å². The Labute approximate surface area is 92.7 Å². The van der Waals surface area contributed by atoms with Crippen molar-refractivity contribution >= 4 is 5.65 Å². The maximum absolute atomic E-state index is 11.9. The zero-order valence-electron chi connectivity index (χ0n) is 8.97. The van der Waals surface area contributed by atoms with Crippen LogP contribution >= 0.6 is 0 Å². The molecule has 0 spiro atoms. The van der Waals surface area contributed by atoms with Crippen molar-refractivity contribution in [2.24, 2.45) is 0 Å². The van der Waals surface area contributed by atoms with Crippen molar-refractivity contribution in [3.05, 3.63) is 34.9 Å². The van der Waals surface area contributed by atoms with Gasteiger partial charge in [-0.25, -0.2) is 9.48 Å². The van der Waals surface area contributed by atoms with Crippen molar-refractivity contribution < 1.29 is 0 Å². The second-order valence-corrected chi connectivity index (χ2v) is 4.16. The van der Waals surface area contributed by atoms with E-state index in [2.05, 4.69) is 10.4 Å². The Morgan fingerprint density at radius 3 is 3.06 bits per heavy atom. The van der Waals surface area contributed by atoms with Gasteiger partial charge in [0, 0.05) is 18.8 Å². The lowest BCUT2D eigenvalue weighted by atomic mass is 10.5. The van der Waals surface area contributed by atoms with E-state index >= 15 is 0 Å². The minimum absolute atomic E-state index is 0.0619. The summed E-state index contributed by atoms with van der Waals surface area (Å²) in [5.74, 6) is 0. The van der Waals surface area contributed by atoms with Crippen LogP contribution in [0.3, 0.4) is 0 Å². The van der Waals surface area contributed by atoms with Crippen molar-refractivity contribution in [3.63, 3.8) is 0 Å². The molecule has 0 amide bonds. The summed E-state index contributed by atoms with van der Waals surface area (Å²) in [6.45, 7) is 1.45. The van der Waals surface area contributed by atoms with Crippen LogP contribution in [-0.4, -0.2) is 26.8 Å². The number of rotatable bonds is 4. The van der Waals surface area contributed by atoms with E-state index in [1.54, 1.807) is 10.6 Å². The number of nitrogens with zero attached hydrogens (tertiary/aromatic N) is 3. The van der Waals surface area contributed by atoms with Crippen LogP contribution in [0.25, 0.3) is 5.65 Å². The summed E-state index contributed by atoms with van der Waals surface area (Å²) in [4.78, 5) is 11.9. The summed E-state index contributed by atoms with van der Waals surface area (Å²) >= 11 is 0. The number of hydrogen-bond acceptors (Lipinski definition) is 3. The van der Waals surface area contributed by atoms with Gasteiger partial charge >= 0.3 is 5.69 Å². The maximum Gasteiger partial charge on any atom is 0.350 e. The van der Waals surface area contributed by atoms with Crippen molar-refractivity contribution in [3.8, 4) is 0 Å². The first kappa shape index (κ1) is 9.59. The van der Waals surface area contributed by atoms with Gasteiger partial charge < -0.3 is 5.32 Å². The molecule has 0 unspecified atom stereocenters. The molecule has 0 aliphatic heterocycles. The quantitative estimate of drug-likeness (QED) is 0.800. The van der Waals surface area contributed by atoms with Crippen LogP contribution in [0.15, 0.2) is 29.2 Å². The highest BCUT2D eigenvalue weighted by Crippen LogP contribution is 2.17. The summed E-state index contributed by atoms with van der Waals surface area (Å²) in [5, 5.41) is 7.62. The van der Waals surface area contributed by atoms with E-state index in [0.29, 0.717) is 18.2 Å². The molecular formula is C11H14N4O. The van der Waals surface area contributed by atoms with Crippen molar-refractivity contribution in [2.45, 2.75) is 25.4 Å². The molecule has 84 valence electrons. The molecule has 1 N–H and O–H groups in total. The number of aromatic nitrogens is 3. The number of pyridine rings is 1. The lowest BCUT2D eigenvalue weighted by Crippen LogP contribution is -2.28. The molecular weight excluding hydrogens is 204 g/mol. The molecule has 5 nitrogen and oxygen atoms in total. The number of hydrogen-bond donors (Lipinski definition) is 1. The zero-order valence-corrected chi connectivity index (χ0v) is 8.97. The van der Waals surface area contributed by atoms with E-state index in [1.807, 2.05) is 18.2 Å². The molecule has 0 bridgehead atoms. The van der Waals surface area contributed by atoms with Gasteiger partial charge in [-0.15, -0.1) is 5.10 Å². The minimum atomic E-state index is -0.0619. The van der Waals surface area contributed by atoms with Gasteiger partial charge in [0.15, 0.2) is 5.65 Å². The highest BCUT2D eigenvalue weighted by Gasteiger charge is 2.19. The highest BCUT2D eigenvalue weighted by molar-refractivity contribution is 5.35. The average molecular weight is 218 g/mol. The predicted molar refractivity (Wildman–Crippen MR) is 60.5 cm³/mol. The lowest BCUT2D eigenvalue weighted by molar-refractivity contribution is 0.539. The fourth-order valence-electron chi connectivity index (χ4n) is 1.78. The summed E-state index contributed by atoms with van der Waals surface area (Å²) < 4.78 is 3.09. The molecule has 2 aromatic heterocycles. The molecule has 16 heavy (non-hydrogen) atoms. The fourth-order valence-corrected chi connectivity index (χ4v) is 1.78. The van der Waals surface area contributed by atoms with Gasteiger partial charge in [-0.05, 0) is 25.0 Å². The molecule has 1 aliphatic carbocycles. The third-order valence-electron chi connectivity index (χ3n) is 2.82. The first-order valence-electron chi connectivity index (χ1n) is 5.62. The summed E-state index contributed by atoms with van der Waals surface area (Å²) in [6, 6.07) is 6.23. The van der Waals surface area contributed by atoms with Crippen LogP contribution in [0.4, 0.5) is 0 Å². The van der Waals surface area contributed by atoms with Gasteiger partial charge in [-0.2, -0.15) is 0 Å². The topological polar surface area (TPSA) is 51.3 Å². The standard InChI is InChI=1S/C11H14N4O/c16-11-14-7-2-1-3-10(14)13-15(11)8-6-12-9-4-5-9/h1-3,7,9,12H,4-6,8H2. The number of fused-ring (bicyclic) bond motifs is 1. The molecule has 0 atom stereocenters. The second-order valence-electron chi connectivity index (χ2n) is 4.16.